The molecule has 0 aliphatic carbocycles. The highest BCUT2D eigenvalue weighted by Crippen LogP contribution is 2.41. The van der Waals surface area contributed by atoms with Crippen molar-refractivity contribution in [3.63, 3.8) is 0 Å². The second-order valence-corrected chi connectivity index (χ2v) is 9.29. The number of piperidine rings is 1. The lowest BCUT2D eigenvalue weighted by Gasteiger charge is -2.30. The number of ether oxygens (including phenoxy) is 3. The van der Waals surface area contributed by atoms with Crippen molar-refractivity contribution in [1.82, 2.24) is 14.7 Å². The molecule has 0 spiro atoms. The number of aromatic nitrogens is 2. The van der Waals surface area contributed by atoms with E-state index in [0.29, 0.717) is 17.2 Å². The monoisotopic (exact) mass is 566 g/mol. The first-order valence-corrected chi connectivity index (χ1v) is 12.2. The molecule has 2 aliphatic rings. The van der Waals surface area contributed by atoms with Crippen LogP contribution in [-0.2, 0) is 6.18 Å². The number of alkyl halides is 3. The van der Waals surface area contributed by atoms with Crippen molar-refractivity contribution in [1.29, 1.82) is 0 Å². The summed E-state index contributed by atoms with van der Waals surface area (Å²) in [6, 6.07) is 10.9. The fraction of sp³-hybridized carbons (Fsp3) is 0.320. The third kappa shape index (κ3) is 5.26. The summed E-state index contributed by atoms with van der Waals surface area (Å²) >= 11 is 6.11. The number of amides is 2. The standard InChI is InChI=1S/C25H22ClF3N4O6/c1-31(15-5-6-18-19(12-15)38-13-37-18)22(34)14-3-2-4-16(11-14)33-23(20(26)21(30-33)25(27,28)29)39-17-7-9-32(10-8-17)24(35)36/h2-6,11-12,17H,7-10,13H2,1H3,(H,35,36). The summed E-state index contributed by atoms with van der Waals surface area (Å²) in [6.07, 6.45) is -6.01. The predicted octanol–water partition coefficient (Wildman–Crippen LogP) is 5.07. The molecule has 1 fully saturated rings. The number of carbonyl (C=O) groups is 2. The molecule has 0 bridgehead atoms. The molecule has 5 rings (SSSR count). The summed E-state index contributed by atoms with van der Waals surface area (Å²) < 4.78 is 58.5. The van der Waals surface area contributed by atoms with Crippen LogP contribution in [0.3, 0.4) is 0 Å². The van der Waals surface area contributed by atoms with E-state index in [2.05, 4.69) is 5.10 Å². The molecule has 2 aromatic carbocycles. The number of carboxylic acid groups (broad SMARTS) is 1. The molecular formula is C25H22ClF3N4O6. The zero-order valence-electron chi connectivity index (χ0n) is 20.4. The minimum Gasteiger partial charge on any atom is -0.473 e. The number of halogens is 4. The zero-order valence-corrected chi connectivity index (χ0v) is 21.2. The largest absolute Gasteiger partial charge is 0.473 e. The van der Waals surface area contributed by atoms with E-state index in [1.165, 1.54) is 34.1 Å². The summed E-state index contributed by atoms with van der Waals surface area (Å²) in [5.74, 6) is 0.265. The average molecular weight is 567 g/mol. The van der Waals surface area contributed by atoms with Crippen molar-refractivity contribution >= 4 is 29.3 Å². The lowest BCUT2D eigenvalue weighted by molar-refractivity contribution is -0.141. The van der Waals surface area contributed by atoms with Crippen LogP contribution in [-0.4, -0.2) is 64.8 Å². The van der Waals surface area contributed by atoms with Gasteiger partial charge in [-0.25, -0.2) is 4.79 Å². The van der Waals surface area contributed by atoms with Gasteiger partial charge >= 0.3 is 12.3 Å². The highest BCUT2D eigenvalue weighted by atomic mass is 35.5. The number of anilines is 1. The second kappa shape index (κ2) is 10.2. The number of likely N-dealkylation sites (tertiary alicyclic amines) is 1. The quantitative estimate of drug-likeness (QED) is 0.459. The summed E-state index contributed by atoms with van der Waals surface area (Å²) in [5, 5.41) is 12.1. The van der Waals surface area contributed by atoms with Crippen LogP contribution >= 0.6 is 11.6 Å². The van der Waals surface area contributed by atoms with Gasteiger partial charge in [-0.15, -0.1) is 0 Å². The van der Waals surface area contributed by atoms with E-state index in [-0.39, 0.29) is 49.9 Å². The van der Waals surface area contributed by atoms with Gasteiger partial charge in [0, 0.05) is 50.3 Å². The van der Waals surface area contributed by atoms with E-state index >= 15 is 0 Å². The Balaban J connectivity index is 1.44. The number of rotatable bonds is 5. The van der Waals surface area contributed by atoms with Crippen molar-refractivity contribution in [3.8, 4) is 23.1 Å². The van der Waals surface area contributed by atoms with Gasteiger partial charge in [0.25, 0.3) is 5.91 Å². The van der Waals surface area contributed by atoms with Crippen LogP contribution in [0.25, 0.3) is 5.69 Å². The van der Waals surface area contributed by atoms with E-state index in [9.17, 15) is 22.8 Å². The van der Waals surface area contributed by atoms with Crippen LogP contribution in [0.5, 0.6) is 17.4 Å². The van der Waals surface area contributed by atoms with Gasteiger partial charge in [0.2, 0.25) is 12.7 Å². The normalized spacial score (nSPS) is 15.4. The molecule has 0 saturated carbocycles. The van der Waals surface area contributed by atoms with Crippen molar-refractivity contribution in [2.45, 2.75) is 25.1 Å². The van der Waals surface area contributed by atoms with Gasteiger partial charge in [-0.2, -0.15) is 23.0 Å². The third-order valence-corrected chi connectivity index (χ3v) is 6.77. The van der Waals surface area contributed by atoms with Crippen LogP contribution in [0.4, 0.5) is 23.7 Å². The second-order valence-electron chi connectivity index (χ2n) is 8.92. The Hall–Kier alpha value is -4.13. The molecule has 0 unspecified atom stereocenters. The first kappa shape index (κ1) is 26.5. The Morgan fingerprint density at radius 3 is 2.54 bits per heavy atom. The Morgan fingerprint density at radius 2 is 1.85 bits per heavy atom. The highest BCUT2D eigenvalue weighted by molar-refractivity contribution is 6.32. The molecular weight excluding hydrogens is 545 g/mol. The SMILES string of the molecule is CN(C(=O)c1cccc(-n2nc(C(F)(F)F)c(Cl)c2OC2CCN(C(=O)O)CC2)c1)c1ccc2c(c1)OCO2. The van der Waals surface area contributed by atoms with Crippen molar-refractivity contribution < 1.29 is 42.1 Å². The number of carbonyl (C=O) groups excluding carboxylic acids is 1. The Bertz CT molecular complexity index is 1420. The molecule has 3 aromatic rings. The molecule has 3 heterocycles. The summed E-state index contributed by atoms with van der Waals surface area (Å²) in [7, 11) is 1.55. The van der Waals surface area contributed by atoms with Crippen LogP contribution in [0.15, 0.2) is 42.5 Å². The smallest absolute Gasteiger partial charge is 0.436 e. The van der Waals surface area contributed by atoms with Crippen molar-refractivity contribution in [3.05, 3.63) is 58.7 Å². The minimum absolute atomic E-state index is 0.0773. The maximum absolute atomic E-state index is 13.7. The number of fused-ring (bicyclic) bond motifs is 1. The van der Waals surface area contributed by atoms with Gasteiger partial charge in [0.15, 0.2) is 17.2 Å². The fourth-order valence-corrected chi connectivity index (χ4v) is 4.61. The molecule has 2 amide bonds. The molecule has 1 aromatic heterocycles. The molecule has 1 saturated heterocycles. The van der Waals surface area contributed by atoms with Crippen LogP contribution in [0.1, 0.15) is 28.9 Å². The number of benzene rings is 2. The molecule has 206 valence electrons. The van der Waals surface area contributed by atoms with E-state index in [4.69, 9.17) is 30.9 Å². The summed E-state index contributed by atoms with van der Waals surface area (Å²) in [4.78, 5) is 27.0. The topological polar surface area (TPSA) is 106 Å². The first-order chi connectivity index (χ1) is 18.5. The van der Waals surface area contributed by atoms with Crippen LogP contribution in [0, 0.1) is 0 Å². The number of hydrogen-bond donors (Lipinski definition) is 1. The number of hydrogen-bond acceptors (Lipinski definition) is 6. The summed E-state index contributed by atoms with van der Waals surface area (Å²) in [6.45, 7) is 0.399. The van der Waals surface area contributed by atoms with Gasteiger partial charge in [0.05, 0.1) is 5.69 Å². The molecule has 0 atom stereocenters. The fourth-order valence-electron chi connectivity index (χ4n) is 4.34. The lowest BCUT2D eigenvalue weighted by Crippen LogP contribution is -2.41. The lowest BCUT2D eigenvalue weighted by atomic mass is 10.1. The summed E-state index contributed by atoms with van der Waals surface area (Å²) in [5.41, 5.74) is -0.520. The van der Waals surface area contributed by atoms with E-state index in [0.717, 1.165) is 4.68 Å². The predicted molar refractivity (Wildman–Crippen MR) is 132 cm³/mol. The zero-order chi connectivity index (χ0) is 27.9. The van der Waals surface area contributed by atoms with Gasteiger partial charge in [-0.3, -0.25) is 4.79 Å². The van der Waals surface area contributed by atoms with Gasteiger partial charge < -0.3 is 29.1 Å². The first-order valence-electron chi connectivity index (χ1n) is 11.8. The maximum Gasteiger partial charge on any atom is 0.436 e. The molecule has 10 nitrogen and oxygen atoms in total. The third-order valence-electron chi connectivity index (χ3n) is 6.43. The maximum atomic E-state index is 13.7. The van der Waals surface area contributed by atoms with Gasteiger partial charge in [-0.05, 0) is 30.3 Å². The van der Waals surface area contributed by atoms with Crippen molar-refractivity contribution in [2.24, 2.45) is 0 Å². The van der Waals surface area contributed by atoms with Gasteiger partial charge in [-0.1, -0.05) is 17.7 Å². The van der Waals surface area contributed by atoms with E-state index < -0.39 is 35.0 Å². The molecule has 14 heteroatoms. The highest BCUT2D eigenvalue weighted by Gasteiger charge is 2.40. The number of nitrogens with zero attached hydrogens (tertiary/aromatic N) is 4. The molecule has 1 N–H and O–H groups in total. The van der Waals surface area contributed by atoms with Crippen LogP contribution in [0.2, 0.25) is 5.02 Å². The Morgan fingerprint density at radius 1 is 1.13 bits per heavy atom. The molecule has 2 aliphatic heterocycles. The van der Waals surface area contributed by atoms with E-state index in [1.807, 2.05) is 0 Å². The molecule has 39 heavy (non-hydrogen) atoms. The molecule has 0 radical (unpaired) electrons. The van der Waals surface area contributed by atoms with Crippen molar-refractivity contribution in [2.75, 3.05) is 31.8 Å². The van der Waals surface area contributed by atoms with Gasteiger partial charge in [0.1, 0.15) is 11.1 Å². The Kier molecular flexibility index (Phi) is 6.93. The minimum atomic E-state index is -4.86. The Labute approximate surface area is 225 Å². The van der Waals surface area contributed by atoms with Crippen LogP contribution < -0.4 is 19.1 Å². The van der Waals surface area contributed by atoms with E-state index in [1.54, 1.807) is 25.2 Å². The average Bonchev–Trinajstić information content (AvgIpc) is 3.52.